The molecule has 0 aliphatic carbocycles. The summed E-state index contributed by atoms with van der Waals surface area (Å²) in [4.78, 5) is 4.33. The number of rotatable bonds is 6. The molecule has 0 saturated carbocycles. The molecule has 1 N–H and O–H groups in total. The van der Waals surface area contributed by atoms with E-state index in [0.29, 0.717) is 6.04 Å². The minimum Gasteiger partial charge on any atom is -0.310 e. The Hall–Kier alpha value is -1.67. The first-order chi connectivity index (χ1) is 8.90. The van der Waals surface area contributed by atoms with E-state index in [0.717, 1.165) is 25.1 Å². The molecule has 0 bridgehead atoms. The first-order valence-electron chi connectivity index (χ1n) is 6.58. The van der Waals surface area contributed by atoms with Crippen LogP contribution in [0.1, 0.15) is 30.6 Å². The quantitative estimate of drug-likeness (QED) is 0.837. The Kier molecular flexibility index (Phi) is 4.91. The van der Waals surface area contributed by atoms with Crippen molar-refractivity contribution in [3.63, 3.8) is 0 Å². The number of benzene rings is 1. The van der Waals surface area contributed by atoms with Gasteiger partial charge in [0, 0.05) is 30.9 Å². The second kappa shape index (κ2) is 6.92. The van der Waals surface area contributed by atoms with Crippen LogP contribution in [0.5, 0.6) is 0 Å². The SMILES string of the molecule is CCC(NCCc1ccccn1)c1ccccc1. The summed E-state index contributed by atoms with van der Waals surface area (Å²) in [6.07, 6.45) is 3.93. The number of pyridine rings is 1. The molecule has 0 radical (unpaired) electrons. The molecule has 0 fully saturated rings. The summed E-state index contributed by atoms with van der Waals surface area (Å²) in [5.74, 6) is 0. The van der Waals surface area contributed by atoms with Crippen molar-refractivity contribution in [1.29, 1.82) is 0 Å². The number of nitrogens with one attached hydrogen (secondary N) is 1. The standard InChI is InChI=1S/C16H20N2/c1-2-16(14-8-4-3-5-9-14)18-13-11-15-10-6-7-12-17-15/h3-10,12,16,18H,2,11,13H2,1H3. The number of nitrogens with zero attached hydrogens (tertiary/aromatic N) is 1. The Bertz CT molecular complexity index is 439. The van der Waals surface area contributed by atoms with Crippen LogP contribution < -0.4 is 5.32 Å². The molecule has 0 aliphatic rings. The molecule has 1 unspecified atom stereocenters. The van der Waals surface area contributed by atoms with Crippen molar-refractivity contribution in [1.82, 2.24) is 10.3 Å². The van der Waals surface area contributed by atoms with Gasteiger partial charge in [0.2, 0.25) is 0 Å². The summed E-state index contributed by atoms with van der Waals surface area (Å²) < 4.78 is 0. The zero-order valence-corrected chi connectivity index (χ0v) is 10.8. The fraction of sp³-hybridized carbons (Fsp3) is 0.312. The highest BCUT2D eigenvalue weighted by Gasteiger charge is 2.07. The average molecular weight is 240 g/mol. The Morgan fingerprint density at radius 3 is 2.50 bits per heavy atom. The second-order valence-corrected chi connectivity index (χ2v) is 4.40. The van der Waals surface area contributed by atoms with Crippen LogP contribution in [0.15, 0.2) is 54.7 Å². The zero-order valence-electron chi connectivity index (χ0n) is 10.8. The van der Waals surface area contributed by atoms with Gasteiger partial charge in [-0.15, -0.1) is 0 Å². The predicted octanol–water partition coefficient (Wildman–Crippen LogP) is 3.37. The molecule has 1 heterocycles. The maximum atomic E-state index is 4.33. The average Bonchev–Trinajstić information content (AvgIpc) is 2.46. The van der Waals surface area contributed by atoms with Gasteiger partial charge in [-0.25, -0.2) is 0 Å². The largest absolute Gasteiger partial charge is 0.310 e. The smallest absolute Gasteiger partial charge is 0.0416 e. The lowest BCUT2D eigenvalue weighted by molar-refractivity contribution is 0.521. The highest BCUT2D eigenvalue weighted by Crippen LogP contribution is 2.15. The Morgan fingerprint density at radius 2 is 1.83 bits per heavy atom. The summed E-state index contributed by atoms with van der Waals surface area (Å²) in [6, 6.07) is 17.1. The highest BCUT2D eigenvalue weighted by molar-refractivity contribution is 5.18. The van der Waals surface area contributed by atoms with E-state index in [-0.39, 0.29) is 0 Å². The topological polar surface area (TPSA) is 24.9 Å². The van der Waals surface area contributed by atoms with Crippen molar-refractivity contribution >= 4 is 0 Å². The number of aromatic nitrogens is 1. The lowest BCUT2D eigenvalue weighted by Crippen LogP contribution is -2.23. The summed E-state index contributed by atoms with van der Waals surface area (Å²) in [5.41, 5.74) is 2.51. The monoisotopic (exact) mass is 240 g/mol. The highest BCUT2D eigenvalue weighted by atomic mass is 14.9. The molecular formula is C16H20N2. The molecule has 1 aromatic heterocycles. The van der Waals surface area contributed by atoms with Gasteiger partial charge < -0.3 is 5.32 Å². The van der Waals surface area contributed by atoms with Gasteiger partial charge in [-0.3, -0.25) is 4.98 Å². The fourth-order valence-electron chi connectivity index (χ4n) is 2.10. The van der Waals surface area contributed by atoms with Crippen LogP contribution in [0.2, 0.25) is 0 Å². The first kappa shape index (κ1) is 12.8. The summed E-state index contributed by atoms with van der Waals surface area (Å²) in [6.45, 7) is 3.18. The molecule has 1 atom stereocenters. The van der Waals surface area contributed by atoms with Crippen LogP contribution >= 0.6 is 0 Å². The van der Waals surface area contributed by atoms with Gasteiger partial charge in [0.05, 0.1) is 0 Å². The van der Waals surface area contributed by atoms with Gasteiger partial charge in [0.25, 0.3) is 0 Å². The first-order valence-corrected chi connectivity index (χ1v) is 6.58. The maximum absolute atomic E-state index is 4.33. The van der Waals surface area contributed by atoms with Crippen molar-refractivity contribution in [3.05, 3.63) is 66.0 Å². The van der Waals surface area contributed by atoms with E-state index in [1.165, 1.54) is 5.56 Å². The molecule has 0 aliphatic heterocycles. The van der Waals surface area contributed by atoms with E-state index in [2.05, 4.69) is 53.6 Å². The molecule has 2 rings (SSSR count). The minimum atomic E-state index is 0.440. The van der Waals surface area contributed by atoms with Crippen LogP contribution in [0.25, 0.3) is 0 Å². The van der Waals surface area contributed by atoms with E-state index in [1.807, 2.05) is 18.3 Å². The van der Waals surface area contributed by atoms with Crippen LogP contribution in [0.3, 0.4) is 0 Å². The molecule has 0 amide bonds. The van der Waals surface area contributed by atoms with Crippen molar-refractivity contribution in [2.24, 2.45) is 0 Å². The van der Waals surface area contributed by atoms with Crippen LogP contribution in [0, 0.1) is 0 Å². The molecule has 0 spiro atoms. The van der Waals surface area contributed by atoms with Crippen molar-refractivity contribution < 1.29 is 0 Å². The second-order valence-electron chi connectivity index (χ2n) is 4.40. The molecule has 1 aromatic carbocycles. The lowest BCUT2D eigenvalue weighted by Gasteiger charge is -2.17. The minimum absolute atomic E-state index is 0.440. The van der Waals surface area contributed by atoms with E-state index >= 15 is 0 Å². The molecule has 2 nitrogen and oxygen atoms in total. The van der Waals surface area contributed by atoms with E-state index in [9.17, 15) is 0 Å². The third-order valence-corrected chi connectivity index (χ3v) is 3.11. The molecule has 2 heteroatoms. The lowest BCUT2D eigenvalue weighted by atomic mass is 10.0. The van der Waals surface area contributed by atoms with Crippen LogP contribution in [-0.4, -0.2) is 11.5 Å². The molecular weight excluding hydrogens is 220 g/mol. The van der Waals surface area contributed by atoms with Crippen molar-refractivity contribution in [2.45, 2.75) is 25.8 Å². The van der Waals surface area contributed by atoms with E-state index < -0.39 is 0 Å². The number of hydrogen-bond donors (Lipinski definition) is 1. The molecule has 2 aromatic rings. The zero-order chi connectivity index (χ0) is 12.6. The van der Waals surface area contributed by atoms with Crippen LogP contribution in [-0.2, 0) is 6.42 Å². The summed E-state index contributed by atoms with van der Waals surface area (Å²) in [5, 5.41) is 3.59. The molecule has 94 valence electrons. The van der Waals surface area contributed by atoms with Gasteiger partial charge in [-0.2, -0.15) is 0 Å². The molecule has 18 heavy (non-hydrogen) atoms. The summed E-state index contributed by atoms with van der Waals surface area (Å²) in [7, 11) is 0. The van der Waals surface area contributed by atoms with E-state index in [4.69, 9.17) is 0 Å². The Labute approximate surface area is 109 Å². The Morgan fingerprint density at radius 1 is 1.06 bits per heavy atom. The Balaban J connectivity index is 1.85. The number of hydrogen-bond acceptors (Lipinski definition) is 2. The van der Waals surface area contributed by atoms with Gasteiger partial charge in [-0.1, -0.05) is 43.3 Å². The fourth-order valence-corrected chi connectivity index (χ4v) is 2.10. The van der Waals surface area contributed by atoms with Crippen molar-refractivity contribution in [2.75, 3.05) is 6.54 Å². The predicted molar refractivity (Wildman–Crippen MR) is 75.4 cm³/mol. The van der Waals surface area contributed by atoms with Gasteiger partial charge in [0.15, 0.2) is 0 Å². The third kappa shape index (κ3) is 3.67. The summed E-state index contributed by atoms with van der Waals surface area (Å²) >= 11 is 0. The van der Waals surface area contributed by atoms with Crippen LogP contribution in [0.4, 0.5) is 0 Å². The maximum Gasteiger partial charge on any atom is 0.0416 e. The van der Waals surface area contributed by atoms with Gasteiger partial charge in [0.1, 0.15) is 0 Å². The van der Waals surface area contributed by atoms with Gasteiger partial charge >= 0.3 is 0 Å². The van der Waals surface area contributed by atoms with Gasteiger partial charge in [-0.05, 0) is 24.1 Å². The third-order valence-electron chi connectivity index (χ3n) is 3.11. The normalized spacial score (nSPS) is 12.3. The van der Waals surface area contributed by atoms with E-state index in [1.54, 1.807) is 0 Å². The van der Waals surface area contributed by atoms with Crippen molar-refractivity contribution in [3.8, 4) is 0 Å². The molecule has 0 saturated heterocycles.